The maximum atomic E-state index is 5.29. The van der Waals surface area contributed by atoms with E-state index < -0.39 is 8.07 Å². The van der Waals surface area contributed by atoms with E-state index in [2.05, 4.69) is 124 Å². The van der Waals surface area contributed by atoms with Gasteiger partial charge in [-0.15, -0.1) is 22.7 Å². The van der Waals surface area contributed by atoms with Crippen molar-refractivity contribution in [2.45, 2.75) is 26.9 Å². The van der Waals surface area contributed by atoms with Gasteiger partial charge in [0.1, 0.15) is 18.1 Å². The number of thiazole rings is 2. The second kappa shape index (κ2) is 9.23. The number of hydrogen-bond acceptors (Lipinski definition) is 4. The van der Waals surface area contributed by atoms with E-state index in [1.165, 1.54) is 53.2 Å². The fourth-order valence-corrected chi connectivity index (χ4v) is 12.7. The highest BCUT2D eigenvalue weighted by Crippen LogP contribution is 2.57. The van der Waals surface area contributed by atoms with Gasteiger partial charge in [-0.1, -0.05) is 85.9 Å². The number of aromatic nitrogens is 2. The van der Waals surface area contributed by atoms with Gasteiger partial charge in [0.05, 0.1) is 20.4 Å². The number of aryl methyl sites for hydroxylation is 2. The second-order valence-corrected chi connectivity index (χ2v) is 17.1. The van der Waals surface area contributed by atoms with Crippen LogP contribution in [-0.2, 0) is 0 Å². The molecule has 0 radical (unpaired) electrons. The van der Waals surface area contributed by atoms with Crippen LogP contribution in [-0.4, -0.2) is 18.0 Å². The zero-order valence-corrected chi connectivity index (χ0v) is 25.1. The molecule has 0 saturated carbocycles. The standard InChI is InChI=1S/C34H28N2S2Si/c1-21-15-17-27-25(19-21)35-33(37-27)31-29(23-11-7-5-8-12-23)30(24-13-9-6-10-14-24)32(39(31,3)4)34-36-26-20-22(2)16-18-28(26)38-34/h5-20H,1-4H3. The van der Waals surface area contributed by atoms with E-state index in [1.807, 2.05) is 22.7 Å². The lowest BCUT2D eigenvalue weighted by atomic mass is 9.91. The van der Waals surface area contributed by atoms with Gasteiger partial charge in [0.25, 0.3) is 0 Å². The van der Waals surface area contributed by atoms with Crippen molar-refractivity contribution in [1.29, 1.82) is 0 Å². The van der Waals surface area contributed by atoms with E-state index in [-0.39, 0.29) is 0 Å². The Morgan fingerprint density at radius 2 is 0.949 bits per heavy atom. The molecule has 0 saturated heterocycles. The normalized spacial score (nSPS) is 15.2. The quantitative estimate of drug-likeness (QED) is 0.202. The fourth-order valence-electron chi connectivity index (χ4n) is 5.82. The lowest BCUT2D eigenvalue weighted by Gasteiger charge is -2.23. The molecule has 0 unspecified atom stereocenters. The first-order valence-electron chi connectivity index (χ1n) is 13.3. The van der Waals surface area contributed by atoms with E-state index in [9.17, 15) is 0 Å². The Morgan fingerprint density at radius 1 is 0.538 bits per heavy atom. The summed E-state index contributed by atoms with van der Waals surface area (Å²) in [6.07, 6.45) is 0. The van der Waals surface area contributed by atoms with Crippen LogP contribution in [0.25, 0.3) is 42.0 Å². The summed E-state index contributed by atoms with van der Waals surface area (Å²) in [6.45, 7) is 9.27. The Balaban J connectivity index is 1.58. The highest BCUT2D eigenvalue weighted by Gasteiger charge is 2.46. The third-order valence-corrected chi connectivity index (χ3v) is 13.6. The molecule has 3 heterocycles. The first kappa shape index (κ1) is 24.4. The molecule has 5 heteroatoms. The third-order valence-electron chi connectivity index (χ3n) is 7.64. The minimum atomic E-state index is -2.27. The lowest BCUT2D eigenvalue weighted by molar-refractivity contribution is 1.42. The van der Waals surface area contributed by atoms with Crippen LogP contribution in [0.5, 0.6) is 0 Å². The van der Waals surface area contributed by atoms with Crippen LogP contribution in [0.2, 0.25) is 13.1 Å². The van der Waals surface area contributed by atoms with Gasteiger partial charge in [0.15, 0.2) is 0 Å². The highest BCUT2D eigenvalue weighted by molar-refractivity contribution is 7.27. The molecule has 2 aromatic heterocycles. The summed E-state index contributed by atoms with van der Waals surface area (Å²) in [5, 5.41) is 5.12. The molecule has 1 aliphatic heterocycles. The number of benzene rings is 4. The summed E-state index contributed by atoms with van der Waals surface area (Å²) in [5.74, 6) is 0. The van der Waals surface area contributed by atoms with Crippen molar-refractivity contribution >= 4 is 72.7 Å². The van der Waals surface area contributed by atoms with Crippen LogP contribution in [0.1, 0.15) is 32.3 Å². The number of hydrogen-bond donors (Lipinski definition) is 0. The molecule has 6 aromatic rings. The van der Waals surface area contributed by atoms with Crippen LogP contribution in [0.3, 0.4) is 0 Å². The molecule has 0 aliphatic carbocycles. The van der Waals surface area contributed by atoms with Gasteiger partial charge in [0.2, 0.25) is 0 Å². The summed E-state index contributed by atoms with van der Waals surface area (Å²) in [7, 11) is -2.27. The molecule has 0 fully saturated rings. The minimum absolute atomic E-state index is 1.09. The molecule has 0 bridgehead atoms. The molecule has 0 amide bonds. The van der Waals surface area contributed by atoms with Crippen LogP contribution in [0.15, 0.2) is 97.1 Å². The Labute approximate surface area is 238 Å². The van der Waals surface area contributed by atoms with Gasteiger partial charge >= 0.3 is 0 Å². The maximum absolute atomic E-state index is 5.29. The van der Waals surface area contributed by atoms with Gasteiger partial charge in [-0.3, -0.25) is 0 Å². The Bertz CT molecular complexity index is 1800. The average molecular weight is 557 g/mol. The molecule has 0 spiro atoms. The first-order valence-corrected chi connectivity index (χ1v) is 17.9. The van der Waals surface area contributed by atoms with Crippen molar-refractivity contribution < 1.29 is 0 Å². The number of rotatable bonds is 4. The second-order valence-electron chi connectivity index (χ2n) is 10.8. The molecular weight excluding hydrogens is 529 g/mol. The van der Waals surface area contributed by atoms with Gasteiger partial charge in [-0.05, 0) is 81.9 Å². The monoisotopic (exact) mass is 556 g/mol. The van der Waals surface area contributed by atoms with Crippen LogP contribution >= 0.6 is 22.7 Å². The summed E-state index contributed by atoms with van der Waals surface area (Å²) in [5.41, 5.74) is 9.79. The molecule has 190 valence electrons. The molecular formula is C34H28N2S2Si. The van der Waals surface area contributed by atoms with Crippen LogP contribution in [0, 0.1) is 13.8 Å². The minimum Gasteiger partial charge on any atom is -0.237 e. The molecule has 1 aliphatic rings. The SMILES string of the molecule is Cc1ccc2sc(C3=C(c4ccccc4)C(c4ccccc4)=C(c4nc5cc(C)ccc5s4)[Si]3(C)C)nc2c1. The van der Waals surface area contributed by atoms with Gasteiger partial charge in [-0.25, -0.2) is 9.97 Å². The zero-order chi connectivity index (χ0) is 26.7. The van der Waals surface area contributed by atoms with Crippen molar-refractivity contribution in [3.05, 3.63) is 129 Å². The largest absolute Gasteiger partial charge is 0.237 e. The summed E-state index contributed by atoms with van der Waals surface area (Å²) >= 11 is 3.65. The summed E-state index contributed by atoms with van der Waals surface area (Å²) in [6, 6.07) is 35.1. The zero-order valence-electron chi connectivity index (χ0n) is 22.4. The maximum Gasteiger partial charge on any atom is 0.121 e. The summed E-state index contributed by atoms with van der Waals surface area (Å²) < 4.78 is 2.48. The van der Waals surface area contributed by atoms with Crippen molar-refractivity contribution in [3.8, 4) is 0 Å². The van der Waals surface area contributed by atoms with E-state index in [0.717, 1.165) is 21.0 Å². The Morgan fingerprint density at radius 3 is 1.36 bits per heavy atom. The molecule has 2 nitrogen and oxygen atoms in total. The summed E-state index contributed by atoms with van der Waals surface area (Å²) in [4.78, 5) is 10.6. The van der Waals surface area contributed by atoms with E-state index in [1.54, 1.807) is 0 Å². The molecule has 0 atom stereocenters. The smallest absolute Gasteiger partial charge is 0.121 e. The number of allylic oxidation sites excluding steroid dienone is 2. The fraction of sp³-hybridized carbons (Fsp3) is 0.118. The first-order chi connectivity index (χ1) is 18.9. The van der Waals surface area contributed by atoms with E-state index >= 15 is 0 Å². The molecule has 0 N–H and O–H groups in total. The number of nitrogens with zero attached hydrogens (tertiary/aromatic N) is 2. The topological polar surface area (TPSA) is 25.8 Å². The van der Waals surface area contributed by atoms with Gasteiger partial charge in [0, 0.05) is 0 Å². The lowest BCUT2D eigenvalue weighted by Crippen LogP contribution is -2.28. The van der Waals surface area contributed by atoms with Crippen LogP contribution < -0.4 is 0 Å². The van der Waals surface area contributed by atoms with Crippen LogP contribution in [0.4, 0.5) is 0 Å². The third kappa shape index (κ3) is 4.04. The molecule has 7 rings (SSSR count). The van der Waals surface area contributed by atoms with Crippen molar-refractivity contribution in [3.63, 3.8) is 0 Å². The Hall–Kier alpha value is -3.64. The van der Waals surface area contributed by atoms with Crippen molar-refractivity contribution in [2.75, 3.05) is 0 Å². The van der Waals surface area contributed by atoms with E-state index in [4.69, 9.17) is 9.97 Å². The molecule has 39 heavy (non-hydrogen) atoms. The molecule has 4 aromatic carbocycles. The predicted octanol–water partition coefficient (Wildman–Crippen LogP) is 9.85. The number of fused-ring (bicyclic) bond motifs is 2. The Kier molecular flexibility index (Phi) is 5.77. The van der Waals surface area contributed by atoms with E-state index in [0.29, 0.717) is 0 Å². The van der Waals surface area contributed by atoms with Gasteiger partial charge < -0.3 is 0 Å². The average Bonchev–Trinajstić information content (AvgIpc) is 3.60. The van der Waals surface area contributed by atoms with Crippen molar-refractivity contribution in [2.24, 2.45) is 0 Å². The van der Waals surface area contributed by atoms with Gasteiger partial charge in [-0.2, -0.15) is 0 Å². The predicted molar refractivity (Wildman–Crippen MR) is 173 cm³/mol. The highest BCUT2D eigenvalue weighted by atomic mass is 32.1. The van der Waals surface area contributed by atoms with Crippen molar-refractivity contribution in [1.82, 2.24) is 9.97 Å².